The fraction of sp³-hybridized carbons (Fsp3) is 0.269. The van der Waals surface area contributed by atoms with E-state index in [4.69, 9.17) is 21.7 Å². The molecule has 10 rings (SSSR count). The van der Waals surface area contributed by atoms with Gasteiger partial charge in [0.15, 0.2) is 16.4 Å². The molecule has 2 aliphatic rings. The molecule has 8 aromatic rings. The molecule has 0 aliphatic heterocycles. The molecule has 0 radical (unpaired) electrons. The molecular formula is C52H50N16O4S. The van der Waals surface area contributed by atoms with Gasteiger partial charge in [0.1, 0.15) is 41.5 Å². The van der Waals surface area contributed by atoms with Gasteiger partial charge in [0.2, 0.25) is 0 Å². The molecule has 6 aromatic heterocycles. The summed E-state index contributed by atoms with van der Waals surface area (Å²) in [6.45, 7) is 3.30. The zero-order valence-electron chi connectivity index (χ0n) is 39.9. The summed E-state index contributed by atoms with van der Waals surface area (Å²) in [5.41, 5.74) is 17.8. The molecule has 0 spiro atoms. The fourth-order valence-corrected chi connectivity index (χ4v) is 9.67. The number of aromatic nitrogens is 10. The van der Waals surface area contributed by atoms with E-state index in [0.717, 1.165) is 62.5 Å². The molecule has 8 N–H and O–H groups in total. The molecule has 4 amide bonds. The maximum absolute atomic E-state index is 12.6. The van der Waals surface area contributed by atoms with Crippen LogP contribution in [0, 0.1) is 23.7 Å². The SMILES string of the molecule is CC#CC(=O)NC1CCC(n2nc(-c3ccc(C(=O)Nc4ccccn4)cc3)c3c(N)ncnc32)CC1.CC#CC(=O)NC1CCC(n2nc(-c3ccc(C(=O)Nc4nccs4)cc3)c3c(N)ncnc32)CC1. The number of amides is 4. The Morgan fingerprint density at radius 2 is 1.05 bits per heavy atom. The maximum Gasteiger partial charge on any atom is 0.296 e. The molecule has 0 saturated heterocycles. The third-order valence-corrected chi connectivity index (χ3v) is 13.4. The molecule has 6 heterocycles. The summed E-state index contributed by atoms with van der Waals surface area (Å²) in [7, 11) is 0. The second-order valence-electron chi connectivity index (χ2n) is 17.3. The average molecular weight is 995 g/mol. The first-order valence-corrected chi connectivity index (χ1v) is 24.5. The van der Waals surface area contributed by atoms with E-state index in [2.05, 4.69) is 74.9 Å². The molecule has 2 saturated carbocycles. The Bertz CT molecular complexity index is 3410. The fourth-order valence-electron chi connectivity index (χ4n) is 9.14. The molecular weight excluding hydrogens is 945 g/mol. The largest absolute Gasteiger partial charge is 0.383 e. The van der Waals surface area contributed by atoms with Crippen LogP contribution in [0.4, 0.5) is 22.6 Å². The van der Waals surface area contributed by atoms with Gasteiger partial charge in [0.05, 0.1) is 22.9 Å². The lowest BCUT2D eigenvalue weighted by Gasteiger charge is -2.28. The lowest BCUT2D eigenvalue weighted by atomic mass is 9.91. The summed E-state index contributed by atoms with van der Waals surface area (Å²) < 4.78 is 3.85. The van der Waals surface area contributed by atoms with Gasteiger partial charge in [-0.05, 0) is 113 Å². The van der Waals surface area contributed by atoms with Gasteiger partial charge in [-0.25, -0.2) is 39.3 Å². The third-order valence-electron chi connectivity index (χ3n) is 12.7. The van der Waals surface area contributed by atoms with Crippen molar-refractivity contribution in [2.45, 2.75) is 89.4 Å². The van der Waals surface area contributed by atoms with Crippen LogP contribution in [-0.4, -0.2) is 85.2 Å². The predicted octanol–water partition coefficient (Wildman–Crippen LogP) is 6.75. The molecule has 2 fully saturated rings. The van der Waals surface area contributed by atoms with Crippen molar-refractivity contribution in [2.24, 2.45) is 0 Å². The lowest BCUT2D eigenvalue weighted by molar-refractivity contribution is -0.117. The van der Waals surface area contributed by atoms with E-state index in [0.29, 0.717) is 67.2 Å². The average Bonchev–Trinajstić information content (AvgIpc) is 4.17. The number of nitrogens with one attached hydrogen (secondary N) is 4. The molecule has 73 heavy (non-hydrogen) atoms. The van der Waals surface area contributed by atoms with E-state index in [1.807, 2.05) is 39.7 Å². The number of pyridine rings is 1. The van der Waals surface area contributed by atoms with E-state index in [1.165, 1.54) is 24.0 Å². The van der Waals surface area contributed by atoms with E-state index < -0.39 is 0 Å². The van der Waals surface area contributed by atoms with Crippen LogP contribution in [0.15, 0.2) is 97.2 Å². The van der Waals surface area contributed by atoms with Crippen molar-refractivity contribution in [2.75, 3.05) is 22.1 Å². The minimum absolute atomic E-state index is 0.0929. The van der Waals surface area contributed by atoms with Gasteiger partial charge in [-0.15, -0.1) is 11.3 Å². The Hall–Kier alpha value is -9.08. The van der Waals surface area contributed by atoms with Crippen LogP contribution in [0.2, 0.25) is 0 Å². The van der Waals surface area contributed by atoms with Crippen LogP contribution < -0.4 is 32.7 Å². The number of nitrogens with zero attached hydrogens (tertiary/aromatic N) is 10. The first-order chi connectivity index (χ1) is 35.6. The number of hydrogen-bond donors (Lipinski definition) is 6. The highest BCUT2D eigenvalue weighted by atomic mass is 32.1. The van der Waals surface area contributed by atoms with Crippen molar-refractivity contribution in [1.82, 2.24) is 60.1 Å². The van der Waals surface area contributed by atoms with E-state index >= 15 is 0 Å². The summed E-state index contributed by atoms with van der Waals surface area (Å²) in [5, 5.41) is 25.1. The lowest BCUT2D eigenvalue weighted by Crippen LogP contribution is -2.37. The number of anilines is 4. The molecule has 2 aliphatic carbocycles. The summed E-state index contributed by atoms with van der Waals surface area (Å²) in [6, 6.07) is 20.1. The van der Waals surface area contributed by atoms with Gasteiger partial charge in [0.25, 0.3) is 23.6 Å². The monoisotopic (exact) mass is 994 g/mol. The molecule has 368 valence electrons. The van der Waals surface area contributed by atoms with E-state index in [-0.39, 0.29) is 47.8 Å². The number of carbonyl (C=O) groups excluding carboxylic acids is 4. The highest BCUT2D eigenvalue weighted by Crippen LogP contribution is 2.38. The van der Waals surface area contributed by atoms with Crippen molar-refractivity contribution in [3.05, 3.63) is 108 Å². The van der Waals surface area contributed by atoms with Crippen molar-refractivity contribution >= 4 is 79.6 Å². The highest BCUT2D eigenvalue weighted by molar-refractivity contribution is 7.13. The maximum atomic E-state index is 12.6. The number of hydrogen-bond acceptors (Lipinski definition) is 15. The number of benzene rings is 2. The van der Waals surface area contributed by atoms with Gasteiger partial charge < -0.3 is 27.4 Å². The Morgan fingerprint density at radius 3 is 1.48 bits per heavy atom. The van der Waals surface area contributed by atoms with E-state index in [1.54, 1.807) is 68.0 Å². The molecule has 21 heteroatoms. The van der Waals surface area contributed by atoms with Gasteiger partial charge in [-0.3, -0.25) is 24.5 Å². The summed E-state index contributed by atoms with van der Waals surface area (Å²) in [6.07, 6.45) is 12.8. The second-order valence-corrected chi connectivity index (χ2v) is 18.2. The summed E-state index contributed by atoms with van der Waals surface area (Å²) >= 11 is 1.36. The predicted molar refractivity (Wildman–Crippen MR) is 278 cm³/mol. The van der Waals surface area contributed by atoms with Crippen LogP contribution in [-0.2, 0) is 9.59 Å². The van der Waals surface area contributed by atoms with Gasteiger partial charge in [0, 0.05) is 52.1 Å². The topological polar surface area (TPSA) is 281 Å². The van der Waals surface area contributed by atoms with Gasteiger partial charge >= 0.3 is 0 Å². The first-order valence-electron chi connectivity index (χ1n) is 23.6. The van der Waals surface area contributed by atoms with Crippen LogP contribution in [0.1, 0.15) is 98.0 Å². The number of nitrogen functional groups attached to an aromatic ring is 2. The van der Waals surface area contributed by atoms with E-state index in [9.17, 15) is 19.2 Å². The summed E-state index contributed by atoms with van der Waals surface area (Å²) in [5.74, 6) is 10.5. The van der Waals surface area contributed by atoms with Crippen molar-refractivity contribution < 1.29 is 19.2 Å². The van der Waals surface area contributed by atoms with Crippen LogP contribution in [0.3, 0.4) is 0 Å². The zero-order valence-corrected chi connectivity index (χ0v) is 40.7. The quantitative estimate of drug-likeness (QED) is 0.0773. The number of carbonyl (C=O) groups is 4. The Kier molecular flexibility index (Phi) is 15.0. The molecule has 0 bridgehead atoms. The minimum Gasteiger partial charge on any atom is -0.383 e. The van der Waals surface area contributed by atoms with Gasteiger partial charge in [-0.2, -0.15) is 10.2 Å². The Balaban J connectivity index is 0.000000180. The Labute approximate surface area is 423 Å². The van der Waals surface area contributed by atoms with Crippen molar-refractivity contribution in [3.63, 3.8) is 0 Å². The second kappa shape index (κ2) is 22.3. The molecule has 0 unspecified atom stereocenters. The highest BCUT2D eigenvalue weighted by Gasteiger charge is 2.29. The first kappa shape index (κ1) is 48.9. The van der Waals surface area contributed by atoms with Crippen molar-refractivity contribution in [3.8, 4) is 46.2 Å². The Morgan fingerprint density at radius 1 is 0.575 bits per heavy atom. The molecule has 2 aromatic carbocycles. The number of rotatable bonds is 10. The number of nitrogens with two attached hydrogens (primary N) is 2. The van der Waals surface area contributed by atoms with Crippen molar-refractivity contribution in [1.29, 1.82) is 0 Å². The number of thiazole rings is 1. The van der Waals surface area contributed by atoms with Crippen LogP contribution in [0.25, 0.3) is 44.6 Å². The minimum atomic E-state index is -0.253. The normalized spacial score (nSPS) is 17.1. The molecule has 20 nitrogen and oxygen atoms in total. The van der Waals surface area contributed by atoms with Crippen LogP contribution >= 0.6 is 11.3 Å². The summed E-state index contributed by atoms with van der Waals surface area (Å²) in [4.78, 5) is 74.4. The van der Waals surface area contributed by atoms with Crippen LogP contribution in [0.5, 0.6) is 0 Å². The molecule has 0 atom stereocenters. The standard InChI is InChI=1S/C27H26N8O2.C25H24N8O2S/c1-2-5-22(36)32-19-11-13-20(14-12-19)35-26-23(25(28)30-16-31-26)24(34-35)17-7-9-18(10-8-17)27(37)33-21-6-3-4-15-29-21;1-2-3-19(34)30-17-8-10-18(11-9-17)33-23-20(22(26)28-14-29-23)21(32-33)15-4-6-16(7-5-15)24(35)31-25-27-12-13-36-25/h3-4,6-10,15-16,19-20H,11-14H2,1H3,(H,32,36)(H2,28,30,31)(H,29,33,37);4-7,12-14,17-18H,8-11H2,1H3,(H,30,34)(H2,26,28,29)(H,27,31,35). The third kappa shape index (κ3) is 11.3. The van der Waals surface area contributed by atoms with Gasteiger partial charge in [-0.1, -0.05) is 42.2 Å². The zero-order chi connectivity index (χ0) is 50.8. The smallest absolute Gasteiger partial charge is 0.296 e. The number of fused-ring (bicyclic) bond motifs is 2.